The Morgan fingerprint density at radius 1 is 1.33 bits per heavy atom. The fourth-order valence-corrected chi connectivity index (χ4v) is 1.74. The Bertz CT molecular complexity index is 319. The van der Waals surface area contributed by atoms with Crippen LogP contribution in [0, 0.1) is 5.92 Å². The SMILES string of the molecule is CCCNc1ccc(CN(C)CCC(C)C)cn1. The Morgan fingerprint density at radius 2 is 2.11 bits per heavy atom. The molecule has 1 rings (SSSR count). The molecule has 1 aromatic rings. The van der Waals surface area contributed by atoms with Crippen LogP contribution in [0.3, 0.4) is 0 Å². The maximum Gasteiger partial charge on any atom is 0.125 e. The van der Waals surface area contributed by atoms with Crippen LogP contribution in [0.4, 0.5) is 5.82 Å². The summed E-state index contributed by atoms with van der Waals surface area (Å²) in [4.78, 5) is 6.78. The predicted octanol–water partition coefficient (Wildman–Crippen LogP) is 3.38. The van der Waals surface area contributed by atoms with E-state index in [2.05, 4.69) is 55.2 Å². The molecular formula is C15H27N3. The Morgan fingerprint density at radius 3 is 2.67 bits per heavy atom. The molecule has 3 nitrogen and oxygen atoms in total. The number of hydrogen-bond donors (Lipinski definition) is 1. The molecule has 18 heavy (non-hydrogen) atoms. The highest BCUT2D eigenvalue weighted by atomic mass is 15.1. The van der Waals surface area contributed by atoms with E-state index >= 15 is 0 Å². The first-order chi connectivity index (χ1) is 8.61. The zero-order chi connectivity index (χ0) is 13.4. The standard InChI is InChI=1S/C15H27N3/c1-5-9-16-15-7-6-14(11-17-15)12-18(4)10-8-13(2)3/h6-7,11,13H,5,8-10,12H2,1-4H3,(H,16,17). The summed E-state index contributed by atoms with van der Waals surface area (Å²) in [6, 6.07) is 4.23. The molecule has 3 heteroatoms. The van der Waals surface area contributed by atoms with Crippen molar-refractivity contribution in [2.24, 2.45) is 5.92 Å². The second-order valence-corrected chi connectivity index (χ2v) is 5.40. The van der Waals surface area contributed by atoms with Crippen LogP contribution in [0.15, 0.2) is 18.3 Å². The number of pyridine rings is 1. The summed E-state index contributed by atoms with van der Waals surface area (Å²) in [7, 11) is 2.17. The van der Waals surface area contributed by atoms with E-state index in [1.807, 2.05) is 6.20 Å². The highest BCUT2D eigenvalue weighted by molar-refractivity contribution is 5.35. The van der Waals surface area contributed by atoms with Gasteiger partial charge >= 0.3 is 0 Å². The molecule has 1 aromatic heterocycles. The molecule has 0 bridgehead atoms. The molecule has 0 fully saturated rings. The highest BCUT2D eigenvalue weighted by Gasteiger charge is 2.02. The first kappa shape index (κ1) is 15.0. The summed E-state index contributed by atoms with van der Waals surface area (Å²) in [5.41, 5.74) is 1.28. The topological polar surface area (TPSA) is 28.2 Å². The molecule has 0 saturated carbocycles. The molecule has 1 N–H and O–H groups in total. The Kier molecular flexibility index (Phi) is 6.73. The van der Waals surface area contributed by atoms with E-state index in [4.69, 9.17) is 0 Å². The summed E-state index contributed by atoms with van der Waals surface area (Å²) in [5, 5.41) is 3.29. The molecule has 0 aliphatic heterocycles. The summed E-state index contributed by atoms with van der Waals surface area (Å²) >= 11 is 0. The van der Waals surface area contributed by atoms with E-state index < -0.39 is 0 Å². The molecule has 0 spiro atoms. The van der Waals surface area contributed by atoms with Crippen molar-refractivity contribution in [1.29, 1.82) is 0 Å². The van der Waals surface area contributed by atoms with Gasteiger partial charge in [0, 0.05) is 19.3 Å². The third-order valence-electron chi connectivity index (χ3n) is 2.92. The van der Waals surface area contributed by atoms with Crippen LogP contribution >= 0.6 is 0 Å². The van der Waals surface area contributed by atoms with Gasteiger partial charge in [0.05, 0.1) is 0 Å². The Labute approximate surface area is 112 Å². The lowest BCUT2D eigenvalue weighted by Gasteiger charge is -2.17. The number of rotatable bonds is 8. The van der Waals surface area contributed by atoms with Gasteiger partial charge in [-0.05, 0) is 44.0 Å². The first-order valence-corrected chi connectivity index (χ1v) is 6.99. The van der Waals surface area contributed by atoms with Crippen molar-refractivity contribution in [3.8, 4) is 0 Å². The van der Waals surface area contributed by atoms with Gasteiger partial charge < -0.3 is 10.2 Å². The second-order valence-electron chi connectivity index (χ2n) is 5.40. The smallest absolute Gasteiger partial charge is 0.125 e. The van der Waals surface area contributed by atoms with Crippen molar-refractivity contribution in [2.45, 2.75) is 40.2 Å². The van der Waals surface area contributed by atoms with Crippen LogP contribution < -0.4 is 5.32 Å². The number of nitrogens with zero attached hydrogens (tertiary/aromatic N) is 2. The quantitative estimate of drug-likeness (QED) is 0.765. The third-order valence-corrected chi connectivity index (χ3v) is 2.92. The van der Waals surface area contributed by atoms with Crippen LogP contribution in [0.5, 0.6) is 0 Å². The fraction of sp³-hybridized carbons (Fsp3) is 0.667. The molecule has 0 atom stereocenters. The van der Waals surface area contributed by atoms with E-state index in [-0.39, 0.29) is 0 Å². The molecule has 0 saturated heterocycles. The first-order valence-electron chi connectivity index (χ1n) is 6.99. The second kappa shape index (κ2) is 8.09. The predicted molar refractivity (Wildman–Crippen MR) is 78.8 cm³/mol. The zero-order valence-corrected chi connectivity index (χ0v) is 12.2. The maximum atomic E-state index is 4.43. The van der Waals surface area contributed by atoms with Gasteiger partial charge in [-0.15, -0.1) is 0 Å². The van der Waals surface area contributed by atoms with Gasteiger partial charge in [-0.1, -0.05) is 26.8 Å². The number of hydrogen-bond acceptors (Lipinski definition) is 3. The summed E-state index contributed by atoms with van der Waals surface area (Å²) < 4.78 is 0. The van der Waals surface area contributed by atoms with Crippen LogP contribution in [0.2, 0.25) is 0 Å². The maximum absolute atomic E-state index is 4.43. The minimum absolute atomic E-state index is 0.770. The van der Waals surface area contributed by atoms with E-state index in [0.717, 1.165) is 37.8 Å². The van der Waals surface area contributed by atoms with Crippen LogP contribution in [0.1, 0.15) is 39.2 Å². The van der Waals surface area contributed by atoms with Gasteiger partial charge in [-0.3, -0.25) is 0 Å². The van der Waals surface area contributed by atoms with Crippen molar-refractivity contribution in [2.75, 3.05) is 25.5 Å². The molecule has 0 amide bonds. The highest BCUT2D eigenvalue weighted by Crippen LogP contribution is 2.08. The lowest BCUT2D eigenvalue weighted by molar-refractivity contribution is 0.303. The average molecular weight is 249 g/mol. The van der Waals surface area contributed by atoms with Crippen molar-refractivity contribution >= 4 is 5.82 Å². The molecule has 0 aromatic carbocycles. The van der Waals surface area contributed by atoms with Crippen LogP contribution in [-0.4, -0.2) is 30.0 Å². The Hall–Kier alpha value is -1.09. The molecule has 0 unspecified atom stereocenters. The van der Waals surface area contributed by atoms with E-state index in [9.17, 15) is 0 Å². The largest absolute Gasteiger partial charge is 0.370 e. The lowest BCUT2D eigenvalue weighted by Crippen LogP contribution is -2.20. The van der Waals surface area contributed by atoms with Gasteiger partial charge in [0.25, 0.3) is 0 Å². The fourth-order valence-electron chi connectivity index (χ4n) is 1.74. The van der Waals surface area contributed by atoms with E-state index in [1.54, 1.807) is 0 Å². The minimum Gasteiger partial charge on any atom is -0.370 e. The van der Waals surface area contributed by atoms with Gasteiger partial charge in [0.2, 0.25) is 0 Å². The van der Waals surface area contributed by atoms with Crippen LogP contribution in [0.25, 0.3) is 0 Å². The van der Waals surface area contributed by atoms with Gasteiger partial charge in [0.15, 0.2) is 0 Å². The minimum atomic E-state index is 0.770. The third kappa shape index (κ3) is 6.01. The lowest BCUT2D eigenvalue weighted by atomic mass is 10.1. The van der Waals surface area contributed by atoms with E-state index in [0.29, 0.717) is 0 Å². The van der Waals surface area contributed by atoms with Crippen molar-refractivity contribution in [1.82, 2.24) is 9.88 Å². The molecule has 102 valence electrons. The summed E-state index contributed by atoms with van der Waals surface area (Å²) in [6.45, 7) is 9.81. The van der Waals surface area contributed by atoms with Gasteiger partial charge in [-0.25, -0.2) is 4.98 Å². The Balaban J connectivity index is 2.38. The van der Waals surface area contributed by atoms with Gasteiger partial charge in [0.1, 0.15) is 5.82 Å². The normalized spacial score (nSPS) is 11.2. The zero-order valence-electron chi connectivity index (χ0n) is 12.2. The number of nitrogens with one attached hydrogen (secondary N) is 1. The molecule has 0 radical (unpaired) electrons. The molecular weight excluding hydrogens is 222 g/mol. The van der Waals surface area contributed by atoms with Crippen molar-refractivity contribution < 1.29 is 0 Å². The number of aromatic nitrogens is 1. The summed E-state index contributed by atoms with van der Waals surface area (Å²) in [5.74, 6) is 1.75. The molecule has 0 aliphatic rings. The molecule has 0 aliphatic carbocycles. The van der Waals surface area contributed by atoms with Crippen LogP contribution in [-0.2, 0) is 6.54 Å². The van der Waals surface area contributed by atoms with E-state index in [1.165, 1.54) is 12.0 Å². The van der Waals surface area contributed by atoms with Crippen molar-refractivity contribution in [3.05, 3.63) is 23.9 Å². The average Bonchev–Trinajstić information content (AvgIpc) is 2.35. The van der Waals surface area contributed by atoms with Crippen molar-refractivity contribution in [3.63, 3.8) is 0 Å². The van der Waals surface area contributed by atoms with Gasteiger partial charge in [-0.2, -0.15) is 0 Å². The number of anilines is 1. The monoisotopic (exact) mass is 249 g/mol. The molecule has 1 heterocycles. The summed E-state index contributed by atoms with van der Waals surface area (Å²) in [6.07, 6.45) is 4.35.